The Morgan fingerprint density at radius 1 is 1.14 bits per heavy atom. The maximum absolute atomic E-state index is 13.3. The number of halogens is 4. The highest BCUT2D eigenvalue weighted by molar-refractivity contribution is 5.98. The van der Waals surface area contributed by atoms with Crippen LogP contribution in [0.3, 0.4) is 0 Å². The van der Waals surface area contributed by atoms with E-state index in [0.717, 1.165) is 6.07 Å². The molecule has 4 rings (SSSR count). The number of hydrogen-bond acceptors (Lipinski definition) is 6. The average Bonchev–Trinajstić information content (AvgIpc) is 3.06. The summed E-state index contributed by atoms with van der Waals surface area (Å²) in [4.78, 5) is 21.1. The molecule has 0 radical (unpaired) electrons. The van der Waals surface area contributed by atoms with Crippen molar-refractivity contribution in [3.05, 3.63) is 53.1 Å². The van der Waals surface area contributed by atoms with Crippen molar-refractivity contribution < 1.29 is 27.1 Å². The van der Waals surface area contributed by atoms with E-state index in [2.05, 4.69) is 15.3 Å². The van der Waals surface area contributed by atoms with Gasteiger partial charge in [-0.15, -0.1) is 0 Å². The molecular weight excluding hydrogens is 380 g/mol. The number of Topliss-reactive ketones (excluding diaryl/α,β-unsaturated/α-hetero) is 1. The Morgan fingerprint density at radius 3 is 2.68 bits per heavy atom. The fraction of sp³-hybridized carbons (Fsp3) is 0.278. The van der Waals surface area contributed by atoms with Crippen LogP contribution in [0, 0.1) is 5.82 Å². The lowest BCUT2D eigenvalue weighted by atomic mass is 10.1. The van der Waals surface area contributed by atoms with Crippen molar-refractivity contribution in [1.29, 1.82) is 0 Å². The van der Waals surface area contributed by atoms with Crippen molar-refractivity contribution in [2.24, 2.45) is 0 Å². The van der Waals surface area contributed by atoms with Crippen LogP contribution < -0.4 is 15.0 Å². The van der Waals surface area contributed by atoms with Gasteiger partial charge in [-0.05, 0) is 12.1 Å². The van der Waals surface area contributed by atoms with Gasteiger partial charge >= 0.3 is 6.18 Å². The minimum Gasteiger partial charge on any atom is -0.439 e. The van der Waals surface area contributed by atoms with E-state index in [4.69, 9.17) is 4.74 Å². The molecule has 28 heavy (non-hydrogen) atoms. The molecule has 1 aromatic heterocycles. The largest absolute Gasteiger partial charge is 0.439 e. The topological polar surface area (TPSA) is 67.4 Å². The maximum atomic E-state index is 13.3. The molecule has 0 aliphatic carbocycles. The lowest BCUT2D eigenvalue weighted by molar-refractivity contribution is -0.141. The summed E-state index contributed by atoms with van der Waals surface area (Å²) < 4.78 is 58.5. The summed E-state index contributed by atoms with van der Waals surface area (Å²) >= 11 is 0. The third-order valence-corrected chi connectivity index (χ3v) is 4.37. The number of ether oxygens (including phenoxy) is 1. The van der Waals surface area contributed by atoms with Gasteiger partial charge in [0.2, 0.25) is 11.8 Å². The molecule has 0 atom stereocenters. The molecule has 1 N–H and O–H groups in total. The summed E-state index contributed by atoms with van der Waals surface area (Å²) in [6.45, 7) is 0.798. The highest BCUT2D eigenvalue weighted by atomic mass is 19.4. The summed E-state index contributed by atoms with van der Waals surface area (Å²) in [7, 11) is 0. The second-order valence-electron chi connectivity index (χ2n) is 6.36. The molecule has 2 aliphatic rings. The van der Waals surface area contributed by atoms with Crippen molar-refractivity contribution in [1.82, 2.24) is 15.3 Å². The number of anilines is 1. The van der Waals surface area contributed by atoms with Gasteiger partial charge in [-0.1, -0.05) is 6.07 Å². The van der Waals surface area contributed by atoms with E-state index in [1.807, 2.05) is 0 Å². The van der Waals surface area contributed by atoms with Crippen LogP contribution in [0.4, 0.5) is 23.5 Å². The molecule has 0 bridgehead atoms. The van der Waals surface area contributed by atoms with Crippen LogP contribution in [-0.4, -0.2) is 35.4 Å². The predicted molar refractivity (Wildman–Crippen MR) is 90.4 cm³/mol. The van der Waals surface area contributed by atoms with Gasteiger partial charge in [-0.2, -0.15) is 18.2 Å². The SMILES string of the molecule is O=C1CCNC2=C1CN(c1nc(Oc3cccc(F)c3)cc(C(F)(F)F)n1)C2. The van der Waals surface area contributed by atoms with Gasteiger partial charge < -0.3 is 15.0 Å². The first kappa shape index (κ1) is 18.2. The number of rotatable bonds is 3. The molecule has 1 aromatic carbocycles. The molecule has 0 saturated heterocycles. The van der Waals surface area contributed by atoms with Gasteiger partial charge in [-0.25, -0.2) is 9.37 Å². The van der Waals surface area contributed by atoms with Gasteiger partial charge in [0.05, 0.1) is 13.1 Å². The third kappa shape index (κ3) is 3.62. The van der Waals surface area contributed by atoms with Gasteiger partial charge in [0.25, 0.3) is 0 Å². The second-order valence-corrected chi connectivity index (χ2v) is 6.36. The summed E-state index contributed by atoms with van der Waals surface area (Å²) in [5.74, 6) is -1.21. The normalized spacial score (nSPS) is 16.9. The first-order chi connectivity index (χ1) is 13.3. The van der Waals surface area contributed by atoms with E-state index in [1.165, 1.54) is 23.1 Å². The summed E-state index contributed by atoms with van der Waals surface area (Å²) in [6.07, 6.45) is -4.39. The number of carbonyl (C=O) groups excluding carboxylic acids is 1. The Balaban J connectivity index is 1.66. The standard InChI is InChI=1S/C18H14F4N4O2/c19-10-2-1-3-11(6-10)28-16-7-15(18(20,21)22)24-17(25-16)26-8-12-13(9-26)23-5-4-14(12)27/h1-3,6-7,23H,4-5,8-9H2. The van der Waals surface area contributed by atoms with E-state index >= 15 is 0 Å². The maximum Gasteiger partial charge on any atom is 0.433 e. The molecule has 0 amide bonds. The van der Waals surface area contributed by atoms with Crippen LogP contribution in [-0.2, 0) is 11.0 Å². The number of benzene rings is 1. The Kier molecular flexibility index (Phi) is 4.40. The number of nitrogens with one attached hydrogen (secondary N) is 1. The molecule has 0 saturated carbocycles. The Labute approximate surface area is 156 Å². The number of nitrogens with zero attached hydrogens (tertiary/aromatic N) is 3. The van der Waals surface area contributed by atoms with Crippen LogP contribution >= 0.6 is 0 Å². The molecular formula is C18H14F4N4O2. The predicted octanol–water partition coefficient (Wildman–Crippen LogP) is 3.06. The van der Waals surface area contributed by atoms with Crippen LogP contribution in [0.15, 0.2) is 41.6 Å². The van der Waals surface area contributed by atoms with E-state index < -0.39 is 17.7 Å². The van der Waals surface area contributed by atoms with Crippen molar-refractivity contribution in [3.63, 3.8) is 0 Å². The van der Waals surface area contributed by atoms with Gasteiger partial charge in [-0.3, -0.25) is 4.79 Å². The van der Waals surface area contributed by atoms with Gasteiger partial charge in [0, 0.05) is 36.4 Å². The summed E-state index contributed by atoms with van der Waals surface area (Å²) in [5.41, 5.74) is 0.0118. The quantitative estimate of drug-likeness (QED) is 0.808. The molecule has 10 heteroatoms. The number of ketones is 1. The molecule has 0 fully saturated rings. The molecule has 2 aromatic rings. The zero-order chi connectivity index (χ0) is 19.9. The van der Waals surface area contributed by atoms with Gasteiger partial charge in [0.15, 0.2) is 11.5 Å². The average molecular weight is 394 g/mol. The van der Waals surface area contributed by atoms with Crippen molar-refractivity contribution >= 4 is 11.7 Å². The fourth-order valence-corrected chi connectivity index (χ4v) is 3.07. The molecule has 3 heterocycles. The fourth-order valence-electron chi connectivity index (χ4n) is 3.07. The lowest BCUT2D eigenvalue weighted by Gasteiger charge is -2.19. The molecule has 6 nitrogen and oxygen atoms in total. The third-order valence-electron chi connectivity index (χ3n) is 4.37. The molecule has 0 unspecified atom stereocenters. The Morgan fingerprint density at radius 2 is 1.96 bits per heavy atom. The number of alkyl halides is 3. The summed E-state index contributed by atoms with van der Waals surface area (Å²) in [6, 6.07) is 5.64. The zero-order valence-electron chi connectivity index (χ0n) is 14.4. The first-order valence-corrected chi connectivity index (χ1v) is 8.43. The number of carbonyl (C=O) groups is 1. The van der Waals surface area contributed by atoms with E-state index in [1.54, 1.807) is 0 Å². The summed E-state index contributed by atoms with van der Waals surface area (Å²) in [5, 5.41) is 3.08. The number of aromatic nitrogens is 2. The molecule has 0 spiro atoms. The van der Waals surface area contributed by atoms with Crippen LogP contribution in [0.25, 0.3) is 0 Å². The smallest absolute Gasteiger partial charge is 0.433 e. The minimum absolute atomic E-state index is 0.00783. The molecule has 2 aliphatic heterocycles. The van der Waals surface area contributed by atoms with E-state index in [-0.39, 0.29) is 36.5 Å². The van der Waals surface area contributed by atoms with Crippen LogP contribution in [0.5, 0.6) is 11.6 Å². The van der Waals surface area contributed by atoms with E-state index in [9.17, 15) is 22.4 Å². The molecule has 146 valence electrons. The van der Waals surface area contributed by atoms with Crippen molar-refractivity contribution in [2.75, 3.05) is 24.5 Å². The lowest BCUT2D eigenvalue weighted by Crippen LogP contribution is -2.27. The monoisotopic (exact) mass is 394 g/mol. The highest BCUT2D eigenvalue weighted by Crippen LogP contribution is 2.33. The van der Waals surface area contributed by atoms with Crippen LogP contribution in [0.2, 0.25) is 0 Å². The van der Waals surface area contributed by atoms with E-state index in [0.29, 0.717) is 30.3 Å². The Bertz CT molecular complexity index is 974. The Hall–Kier alpha value is -3.17. The zero-order valence-corrected chi connectivity index (χ0v) is 14.4. The minimum atomic E-state index is -4.72. The van der Waals surface area contributed by atoms with Crippen molar-refractivity contribution in [2.45, 2.75) is 12.6 Å². The van der Waals surface area contributed by atoms with Gasteiger partial charge in [0.1, 0.15) is 11.6 Å². The second kappa shape index (κ2) is 6.77. The first-order valence-electron chi connectivity index (χ1n) is 8.43. The van der Waals surface area contributed by atoms with Crippen molar-refractivity contribution in [3.8, 4) is 11.6 Å². The van der Waals surface area contributed by atoms with Crippen LogP contribution in [0.1, 0.15) is 12.1 Å². The highest BCUT2D eigenvalue weighted by Gasteiger charge is 2.36. The number of hydrogen-bond donors (Lipinski definition) is 1.